The molecule has 0 radical (unpaired) electrons. The van der Waals surface area contributed by atoms with Crippen LogP contribution < -0.4 is 10.3 Å². The Balaban J connectivity index is 1.70. The lowest BCUT2D eigenvalue weighted by molar-refractivity contribution is 0.0914. The molecule has 0 aliphatic heterocycles. The van der Waals surface area contributed by atoms with E-state index in [4.69, 9.17) is 27.9 Å². The van der Waals surface area contributed by atoms with Crippen molar-refractivity contribution in [2.45, 2.75) is 19.6 Å². The monoisotopic (exact) mass is 406 g/mol. The summed E-state index contributed by atoms with van der Waals surface area (Å²) in [7, 11) is 0. The molecule has 140 valence electrons. The Morgan fingerprint density at radius 2 is 1.96 bits per heavy atom. The minimum absolute atomic E-state index is 0.00254. The van der Waals surface area contributed by atoms with Crippen molar-refractivity contribution >= 4 is 39.9 Å². The van der Waals surface area contributed by atoms with Crippen molar-refractivity contribution in [3.63, 3.8) is 0 Å². The second-order valence-electron chi connectivity index (χ2n) is 6.03. The molecule has 1 N–H and O–H groups in total. The normalized spacial score (nSPS) is 12.1. The molecule has 1 aromatic heterocycles. The summed E-state index contributed by atoms with van der Waals surface area (Å²) in [6, 6.07) is 9.61. The number of fused-ring (bicyclic) bond motifs is 1. The van der Waals surface area contributed by atoms with Gasteiger partial charge in [0.2, 0.25) is 0 Å². The van der Waals surface area contributed by atoms with Gasteiger partial charge < -0.3 is 9.84 Å². The zero-order chi connectivity index (χ0) is 19.6. The summed E-state index contributed by atoms with van der Waals surface area (Å²) in [6.45, 7) is 1.45. The van der Waals surface area contributed by atoms with Crippen molar-refractivity contribution in [3.05, 3.63) is 68.7 Å². The summed E-state index contributed by atoms with van der Waals surface area (Å²) < 4.78 is 6.78. The van der Waals surface area contributed by atoms with Gasteiger partial charge in [-0.3, -0.25) is 14.2 Å². The first-order valence-electron chi connectivity index (χ1n) is 8.11. The van der Waals surface area contributed by atoms with E-state index in [-0.39, 0.29) is 29.9 Å². The van der Waals surface area contributed by atoms with Crippen LogP contribution in [0.25, 0.3) is 10.9 Å². The standard InChI is InChI=1S/C19H16Cl2N2O4/c1-11(24)12-2-4-15(5-3-12)27-9-14(25)8-23-10-22-18-16(19(23)26)6-13(20)7-17(18)21/h2-7,10,14,25H,8-9H2,1H3. The maximum absolute atomic E-state index is 12.6. The lowest BCUT2D eigenvalue weighted by Crippen LogP contribution is -2.30. The summed E-state index contributed by atoms with van der Waals surface area (Å²) >= 11 is 12.0. The van der Waals surface area contributed by atoms with E-state index in [1.165, 1.54) is 30.0 Å². The van der Waals surface area contributed by atoms with Crippen LogP contribution in [0.4, 0.5) is 0 Å². The molecular weight excluding hydrogens is 391 g/mol. The summed E-state index contributed by atoms with van der Waals surface area (Å²) in [6.07, 6.45) is 0.388. The van der Waals surface area contributed by atoms with E-state index in [9.17, 15) is 14.7 Å². The molecule has 1 heterocycles. The minimum Gasteiger partial charge on any atom is -0.491 e. The van der Waals surface area contributed by atoms with Crippen LogP contribution in [0.15, 0.2) is 47.5 Å². The quantitative estimate of drug-likeness (QED) is 0.634. The summed E-state index contributed by atoms with van der Waals surface area (Å²) in [5.74, 6) is 0.478. The summed E-state index contributed by atoms with van der Waals surface area (Å²) in [5, 5.41) is 11.1. The lowest BCUT2D eigenvalue weighted by Gasteiger charge is -2.14. The van der Waals surface area contributed by atoms with Gasteiger partial charge in [0.25, 0.3) is 5.56 Å². The number of aliphatic hydroxyl groups excluding tert-OH is 1. The Morgan fingerprint density at radius 3 is 2.63 bits per heavy atom. The molecule has 0 fully saturated rings. The van der Waals surface area contributed by atoms with Gasteiger partial charge >= 0.3 is 0 Å². The lowest BCUT2D eigenvalue weighted by atomic mass is 10.1. The number of hydrogen-bond donors (Lipinski definition) is 1. The van der Waals surface area contributed by atoms with Crippen LogP contribution in [-0.4, -0.2) is 33.2 Å². The summed E-state index contributed by atoms with van der Waals surface area (Å²) in [5.41, 5.74) is 0.585. The third kappa shape index (κ3) is 4.47. The number of aromatic nitrogens is 2. The van der Waals surface area contributed by atoms with Crippen LogP contribution in [0.5, 0.6) is 5.75 Å². The van der Waals surface area contributed by atoms with E-state index in [2.05, 4.69) is 4.98 Å². The van der Waals surface area contributed by atoms with Gasteiger partial charge in [-0.25, -0.2) is 4.98 Å². The first-order chi connectivity index (χ1) is 12.8. The van der Waals surface area contributed by atoms with Crippen molar-refractivity contribution in [1.82, 2.24) is 9.55 Å². The number of ether oxygens (including phenoxy) is 1. The Bertz CT molecular complexity index is 1050. The van der Waals surface area contributed by atoms with Crippen LogP contribution in [-0.2, 0) is 6.54 Å². The van der Waals surface area contributed by atoms with Crippen molar-refractivity contribution < 1.29 is 14.6 Å². The number of aliphatic hydroxyl groups is 1. The third-order valence-corrected chi connectivity index (χ3v) is 4.46. The van der Waals surface area contributed by atoms with Crippen LogP contribution in [0.2, 0.25) is 10.0 Å². The zero-order valence-corrected chi connectivity index (χ0v) is 15.9. The average Bonchev–Trinajstić information content (AvgIpc) is 2.63. The molecule has 0 amide bonds. The van der Waals surface area contributed by atoms with Gasteiger partial charge in [-0.2, -0.15) is 0 Å². The number of benzene rings is 2. The Labute approximate surface area is 164 Å². The number of Topliss-reactive ketones (excluding diaryl/α,β-unsaturated/α-hetero) is 1. The van der Waals surface area contributed by atoms with Crippen molar-refractivity contribution in [2.24, 2.45) is 0 Å². The number of ketones is 1. The molecule has 27 heavy (non-hydrogen) atoms. The Morgan fingerprint density at radius 1 is 1.26 bits per heavy atom. The van der Waals surface area contributed by atoms with E-state index in [1.54, 1.807) is 24.3 Å². The highest BCUT2D eigenvalue weighted by molar-refractivity contribution is 6.38. The van der Waals surface area contributed by atoms with E-state index in [1.807, 2.05) is 0 Å². The molecule has 1 unspecified atom stereocenters. The molecule has 0 spiro atoms. The van der Waals surface area contributed by atoms with Gasteiger partial charge in [0, 0.05) is 10.6 Å². The highest BCUT2D eigenvalue weighted by Gasteiger charge is 2.13. The highest BCUT2D eigenvalue weighted by atomic mass is 35.5. The molecular formula is C19H16Cl2N2O4. The smallest absolute Gasteiger partial charge is 0.261 e. The maximum Gasteiger partial charge on any atom is 0.261 e. The Hall–Kier alpha value is -2.41. The first-order valence-corrected chi connectivity index (χ1v) is 8.87. The van der Waals surface area contributed by atoms with Gasteiger partial charge in [-0.15, -0.1) is 0 Å². The number of carbonyl (C=O) groups is 1. The molecule has 0 saturated carbocycles. The minimum atomic E-state index is -0.941. The molecule has 3 aromatic rings. The molecule has 0 aliphatic carbocycles. The third-order valence-electron chi connectivity index (χ3n) is 3.96. The fraction of sp³-hybridized carbons (Fsp3) is 0.211. The second kappa shape index (κ2) is 8.08. The predicted molar refractivity (Wildman–Crippen MR) is 104 cm³/mol. The molecule has 8 heteroatoms. The van der Waals surface area contributed by atoms with E-state index in [0.29, 0.717) is 26.9 Å². The number of rotatable bonds is 6. The maximum atomic E-state index is 12.6. The molecule has 1 atom stereocenters. The average molecular weight is 407 g/mol. The van der Waals surface area contributed by atoms with Gasteiger partial charge in [-0.1, -0.05) is 23.2 Å². The van der Waals surface area contributed by atoms with E-state index in [0.717, 1.165) is 0 Å². The zero-order valence-electron chi connectivity index (χ0n) is 14.4. The topological polar surface area (TPSA) is 81.4 Å². The number of carbonyl (C=O) groups excluding carboxylic acids is 1. The Kier molecular flexibility index (Phi) is 5.79. The molecule has 2 aromatic carbocycles. The second-order valence-corrected chi connectivity index (χ2v) is 6.87. The van der Waals surface area contributed by atoms with Gasteiger partial charge in [0.05, 0.1) is 28.8 Å². The predicted octanol–water partition coefficient (Wildman–Crippen LogP) is 3.35. The SMILES string of the molecule is CC(=O)c1ccc(OCC(O)Cn2cnc3c(Cl)cc(Cl)cc3c2=O)cc1. The van der Waals surface area contributed by atoms with Crippen LogP contribution in [0, 0.1) is 0 Å². The first kappa shape index (κ1) is 19.4. The van der Waals surface area contributed by atoms with Crippen LogP contribution >= 0.6 is 23.2 Å². The molecule has 6 nitrogen and oxygen atoms in total. The van der Waals surface area contributed by atoms with Crippen LogP contribution in [0.3, 0.4) is 0 Å². The fourth-order valence-corrected chi connectivity index (χ4v) is 3.13. The molecule has 3 rings (SSSR count). The van der Waals surface area contributed by atoms with E-state index < -0.39 is 6.10 Å². The van der Waals surface area contributed by atoms with E-state index >= 15 is 0 Å². The van der Waals surface area contributed by atoms with Crippen molar-refractivity contribution in [2.75, 3.05) is 6.61 Å². The molecule has 0 bridgehead atoms. The number of nitrogens with zero attached hydrogens (tertiary/aromatic N) is 2. The van der Waals surface area contributed by atoms with Gasteiger partial charge in [0.15, 0.2) is 5.78 Å². The van der Waals surface area contributed by atoms with Gasteiger partial charge in [-0.05, 0) is 43.3 Å². The van der Waals surface area contributed by atoms with Gasteiger partial charge in [0.1, 0.15) is 18.5 Å². The molecule has 0 saturated heterocycles. The van der Waals surface area contributed by atoms with Crippen molar-refractivity contribution in [3.8, 4) is 5.75 Å². The molecule has 0 aliphatic rings. The van der Waals surface area contributed by atoms with Crippen LogP contribution in [0.1, 0.15) is 17.3 Å². The highest BCUT2D eigenvalue weighted by Crippen LogP contribution is 2.24. The fourth-order valence-electron chi connectivity index (χ4n) is 2.58. The van der Waals surface area contributed by atoms with Crippen molar-refractivity contribution in [1.29, 1.82) is 0 Å². The largest absolute Gasteiger partial charge is 0.491 e. The number of halogens is 2. The number of hydrogen-bond acceptors (Lipinski definition) is 5. The summed E-state index contributed by atoms with van der Waals surface area (Å²) in [4.78, 5) is 28.0.